The fourth-order valence-corrected chi connectivity index (χ4v) is 2.97. The van der Waals surface area contributed by atoms with Gasteiger partial charge in [0.25, 0.3) is 5.91 Å². The first-order valence-electron chi connectivity index (χ1n) is 6.77. The molecule has 106 valence electrons. The maximum Gasteiger partial charge on any atom is 0.254 e. The number of carbonyl (C=O) groups excluding carboxylic acids is 1. The summed E-state index contributed by atoms with van der Waals surface area (Å²) in [6.45, 7) is 8.04. The van der Waals surface area contributed by atoms with Crippen LogP contribution in [0.25, 0.3) is 0 Å². The Labute approximate surface area is 138 Å². The Balaban J connectivity index is 2.92. The molecule has 0 spiro atoms. The molecule has 1 rings (SSSR count). The number of benzene rings is 1. The van der Waals surface area contributed by atoms with Crippen molar-refractivity contribution < 1.29 is 4.79 Å². The summed E-state index contributed by atoms with van der Waals surface area (Å²) >= 11 is 5.67. The van der Waals surface area contributed by atoms with E-state index >= 15 is 0 Å². The number of hydrogen-bond acceptors (Lipinski definition) is 1. The third-order valence-electron chi connectivity index (χ3n) is 3.46. The highest BCUT2D eigenvalue weighted by molar-refractivity contribution is 14.1. The van der Waals surface area contributed by atoms with Crippen molar-refractivity contribution in [2.45, 2.75) is 33.6 Å². The SMILES string of the molecule is CCC(CC)CN(CC)C(=O)c1cc(Br)ccc1I. The van der Waals surface area contributed by atoms with Gasteiger partial charge in [0, 0.05) is 21.1 Å². The Morgan fingerprint density at radius 2 is 1.95 bits per heavy atom. The molecule has 2 nitrogen and oxygen atoms in total. The molecule has 0 unspecified atom stereocenters. The van der Waals surface area contributed by atoms with Gasteiger partial charge >= 0.3 is 0 Å². The molecule has 0 aromatic heterocycles. The van der Waals surface area contributed by atoms with Gasteiger partial charge in [0.15, 0.2) is 0 Å². The normalized spacial score (nSPS) is 10.8. The smallest absolute Gasteiger partial charge is 0.254 e. The van der Waals surface area contributed by atoms with E-state index in [1.54, 1.807) is 0 Å². The third kappa shape index (κ3) is 4.74. The summed E-state index contributed by atoms with van der Waals surface area (Å²) in [5.41, 5.74) is 0.794. The second kappa shape index (κ2) is 8.25. The van der Waals surface area contributed by atoms with Crippen LogP contribution in [0.5, 0.6) is 0 Å². The summed E-state index contributed by atoms with van der Waals surface area (Å²) in [7, 11) is 0. The minimum Gasteiger partial charge on any atom is -0.339 e. The minimum atomic E-state index is 0.139. The van der Waals surface area contributed by atoms with Crippen LogP contribution in [0.1, 0.15) is 44.0 Å². The zero-order chi connectivity index (χ0) is 14.4. The van der Waals surface area contributed by atoms with E-state index in [1.807, 2.05) is 30.0 Å². The van der Waals surface area contributed by atoms with Crippen molar-refractivity contribution >= 4 is 44.4 Å². The van der Waals surface area contributed by atoms with Gasteiger partial charge in [-0.25, -0.2) is 0 Å². The molecule has 0 aliphatic rings. The number of hydrogen-bond donors (Lipinski definition) is 0. The van der Waals surface area contributed by atoms with Crippen molar-refractivity contribution in [3.05, 3.63) is 31.8 Å². The van der Waals surface area contributed by atoms with E-state index in [1.165, 1.54) is 0 Å². The number of amides is 1. The largest absolute Gasteiger partial charge is 0.339 e. The summed E-state index contributed by atoms with van der Waals surface area (Å²) < 4.78 is 1.96. The molecule has 1 aromatic carbocycles. The quantitative estimate of drug-likeness (QED) is 0.576. The van der Waals surface area contributed by atoms with E-state index in [-0.39, 0.29) is 5.91 Å². The topological polar surface area (TPSA) is 20.3 Å². The van der Waals surface area contributed by atoms with Crippen LogP contribution in [0.3, 0.4) is 0 Å². The lowest BCUT2D eigenvalue weighted by Gasteiger charge is -2.26. The predicted octanol–water partition coefficient (Wildman–Crippen LogP) is 4.95. The average molecular weight is 438 g/mol. The molecule has 0 saturated heterocycles. The van der Waals surface area contributed by atoms with Gasteiger partial charge < -0.3 is 4.90 Å². The van der Waals surface area contributed by atoms with Crippen LogP contribution in [0.15, 0.2) is 22.7 Å². The molecule has 0 radical (unpaired) electrons. The molecule has 0 aliphatic heterocycles. The zero-order valence-corrected chi connectivity index (χ0v) is 15.5. The monoisotopic (exact) mass is 437 g/mol. The minimum absolute atomic E-state index is 0.139. The first-order valence-corrected chi connectivity index (χ1v) is 8.64. The summed E-state index contributed by atoms with van der Waals surface area (Å²) in [5.74, 6) is 0.730. The maximum absolute atomic E-state index is 12.6. The van der Waals surface area contributed by atoms with Crippen LogP contribution < -0.4 is 0 Å². The zero-order valence-electron chi connectivity index (χ0n) is 11.7. The van der Waals surface area contributed by atoms with Crippen molar-refractivity contribution in [1.82, 2.24) is 4.90 Å². The summed E-state index contributed by atoms with van der Waals surface area (Å²) in [5, 5.41) is 0. The Hall–Kier alpha value is -0.100. The molecule has 0 N–H and O–H groups in total. The summed E-state index contributed by atoms with van der Waals surface area (Å²) in [6.07, 6.45) is 2.24. The average Bonchev–Trinajstić information content (AvgIpc) is 2.42. The molecule has 0 bridgehead atoms. The van der Waals surface area contributed by atoms with Gasteiger partial charge in [0.05, 0.1) is 5.56 Å². The van der Waals surface area contributed by atoms with E-state index in [0.29, 0.717) is 5.92 Å². The molecule has 1 amide bonds. The first kappa shape index (κ1) is 17.0. The molecular formula is C15H21BrINO. The highest BCUT2D eigenvalue weighted by atomic mass is 127. The molecule has 0 saturated carbocycles. The van der Waals surface area contributed by atoms with Crippen molar-refractivity contribution in [3.8, 4) is 0 Å². The van der Waals surface area contributed by atoms with E-state index in [9.17, 15) is 4.79 Å². The molecule has 4 heteroatoms. The van der Waals surface area contributed by atoms with Crippen molar-refractivity contribution in [3.63, 3.8) is 0 Å². The number of carbonyl (C=O) groups is 1. The Bertz CT molecular complexity index is 432. The second-order valence-corrected chi connectivity index (χ2v) is 6.73. The molecule has 0 heterocycles. The van der Waals surface area contributed by atoms with Crippen molar-refractivity contribution in [1.29, 1.82) is 0 Å². The van der Waals surface area contributed by atoms with Gasteiger partial charge in [-0.15, -0.1) is 0 Å². The highest BCUT2D eigenvalue weighted by Crippen LogP contribution is 2.21. The molecule has 19 heavy (non-hydrogen) atoms. The van der Waals surface area contributed by atoms with Crippen molar-refractivity contribution in [2.24, 2.45) is 5.92 Å². The molecule has 1 aromatic rings. The summed E-state index contributed by atoms with van der Waals surface area (Å²) in [6, 6.07) is 5.86. The van der Waals surface area contributed by atoms with E-state index in [2.05, 4.69) is 52.4 Å². The lowest BCUT2D eigenvalue weighted by Crippen LogP contribution is -2.35. The molecular weight excluding hydrogens is 417 g/mol. The summed E-state index contributed by atoms with van der Waals surface area (Å²) in [4.78, 5) is 14.6. The van der Waals surface area contributed by atoms with E-state index in [0.717, 1.165) is 39.5 Å². The molecule has 0 fully saturated rings. The van der Waals surface area contributed by atoms with E-state index in [4.69, 9.17) is 0 Å². The maximum atomic E-state index is 12.6. The second-order valence-electron chi connectivity index (χ2n) is 4.65. The Morgan fingerprint density at radius 3 is 2.47 bits per heavy atom. The van der Waals surface area contributed by atoms with Gasteiger partial charge in [-0.1, -0.05) is 42.6 Å². The van der Waals surface area contributed by atoms with Crippen LogP contribution in [-0.4, -0.2) is 23.9 Å². The molecule has 0 aliphatic carbocycles. The fraction of sp³-hybridized carbons (Fsp3) is 0.533. The number of nitrogens with zero attached hydrogens (tertiary/aromatic N) is 1. The van der Waals surface area contributed by atoms with Crippen LogP contribution in [0, 0.1) is 9.49 Å². The lowest BCUT2D eigenvalue weighted by atomic mass is 10.0. The first-order chi connectivity index (χ1) is 9.03. The number of rotatable bonds is 6. The standard InChI is InChI=1S/C15H21BrINO/c1-4-11(5-2)10-18(6-3)15(19)13-9-12(16)7-8-14(13)17/h7-9,11H,4-6,10H2,1-3H3. The molecule has 0 atom stereocenters. The van der Waals surface area contributed by atoms with Gasteiger partial charge in [0.1, 0.15) is 0 Å². The Kier molecular flexibility index (Phi) is 7.36. The van der Waals surface area contributed by atoms with Gasteiger partial charge in [-0.2, -0.15) is 0 Å². The lowest BCUT2D eigenvalue weighted by molar-refractivity contribution is 0.0734. The Morgan fingerprint density at radius 1 is 1.32 bits per heavy atom. The van der Waals surface area contributed by atoms with Crippen molar-refractivity contribution in [2.75, 3.05) is 13.1 Å². The van der Waals surface area contributed by atoms with Crippen LogP contribution in [-0.2, 0) is 0 Å². The van der Waals surface area contributed by atoms with Crippen LogP contribution in [0.2, 0.25) is 0 Å². The van der Waals surface area contributed by atoms with Crippen LogP contribution in [0.4, 0.5) is 0 Å². The van der Waals surface area contributed by atoms with E-state index < -0.39 is 0 Å². The van der Waals surface area contributed by atoms with Crippen LogP contribution >= 0.6 is 38.5 Å². The predicted molar refractivity (Wildman–Crippen MR) is 92.5 cm³/mol. The number of halogens is 2. The van der Waals surface area contributed by atoms with Gasteiger partial charge in [0.2, 0.25) is 0 Å². The highest BCUT2D eigenvalue weighted by Gasteiger charge is 2.19. The third-order valence-corrected chi connectivity index (χ3v) is 4.89. The fourth-order valence-electron chi connectivity index (χ4n) is 2.05. The van der Waals surface area contributed by atoms with Gasteiger partial charge in [-0.3, -0.25) is 4.79 Å². The van der Waals surface area contributed by atoms with Gasteiger partial charge in [-0.05, 0) is 53.6 Å².